The van der Waals surface area contributed by atoms with Crippen LogP contribution in [0.1, 0.15) is 41.4 Å². The standard InChI is InChI=1S/C25H34N2O3/c1-19(2)15-27(25(29)22-11-9-20(3)10-12-22)17-23-16-26(13-14-30-23)18-24(28)21-7-5-4-6-8-21/h4-12,19,23-24,28H,13-18H2,1-3H3. The zero-order valence-electron chi connectivity index (χ0n) is 18.3. The highest BCUT2D eigenvalue weighted by atomic mass is 16.5. The zero-order chi connectivity index (χ0) is 21.5. The molecule has 2 aromatic carbocycles. The van der Waals surface area contributed by atoms with Gasteiger partial charge in [-0.25, -0.2) is 0 Å². The van der Waals surface area contributed by atoms with Crippen LogP contribution in [0.2, 0.25) is 0 Å². The number of rotatable bonds is 8. The summed E-state index contributed by atoms with van der Waals surface area (Å²) in [6, 6.07) is 17.5. The molecular formula is C25H34N2O3. The molecule has 1 fully saturated rings. The minimum atomic E-state index is -0.522. The van der Waals surface area contributed by atoms with E-state index in [-0.39, 0.29) is 12.0 Å². The van der Waals surface area contributed by atoms with Crippen molar-refractivity contribution in [1.29, 1.82) is 0 Å². The van der Waals surface area contributed by atoms with Crippen molar-refractivity contribution >= 4 is 5.91 Å². The summed E-state index contributed by atoms with van der Waals surface area (Å²) < 4.78 is 6.00. The minimum Gasteiger partial charge on any atom is -0.387 e. The predicted molar refractivity (Wildman–Crippen MR) is 120 cm³/mol. The Labute approximate surface area is 180 Å². The molecule has 3 rings (SSSR count). The lowest BCUT2D eigenvalue weighted by Gasteiger charge is -2.37. The summed E-state index contributed by atoms with van der Waals surface area (Å²) in [7, 11) is 0. The van der Waals surface area contributed by atoms with Crippen LogP contribution in [0, 0.1) is 12.8 Å². The number of morpholine rings is 1. The molecule has 1 heterocycles. The molecule has 5 heteroatoms. The quantitative estimate of drug-likeness (QED) is 0.723. The van der Waals surface area contributed by atoms with Crippen LogP contribution in [0.15, 0.2) is 54.6 Å². The number of β-amino-alcohol motifs (C(OH)–C–C–N with tert-alkyl or cyclic N) is 1. The minimum absolute atomic E-state index is 0.0498. The fourth-order valence-corrected chi connectivity index (χ4v) is 3.89. The Morgan fingerprint density at radius 1 is 1.17 bits per heavy atom. The molecule has 2 unspecified atom stereocenters. The van der Waals surface area contributed by atoms with E-state index in [9.17, 15) is 9.90 Å². The van der Waals surface area contributed by atoms with E-state index >= 15 is 0 Å². The number of amides is 1. The normalized spacial score (nSPS) is 18.4. The number of aliphatic hydroxyl groups is 1. The monoisotopic (exact) mass is 410 g/mol. The molecule has 0 saturated carbocycles. The Hall–Kier alpha value is -2.21. The fraction of sp³-hybridized carbons (Fsp3) is 0.480. The highest BCUT2D eigenvalue weighted by Gasteiger charge is 2.27. The number of aliphatic hydroxyl groups excluding tert-OH is 1. The van der Waals surface area contributed by atoms with E-state index in [0.29, 0.717) is 44.3 Å². The molecule has 0 bridgehead atoms. The van der Waals surface area contributed by atoms with E-state index in [1.165, 1.54) is 0 Å². The number of nitrogens with zero attached hydrogens (tertiary/aromatic N) is 2. The van der Waals surface area contributed by atoms with Crippen molar-refractivity contribution in [3.05, 3.63) is 71.3 Å². The number of hydrogen-bond donors (Lipinski definition) is 1. The van der Waals surface area contributed by atoms with Crippen molar-refractivity contribution in [3.8, 4) is 0 Å². The first-order valence-electron chi connectivity index (χ1n) is 10.8. The third kappa shape index (κ3) is 6.39. The molecule has 2 atom stereocenters. The van der Waals surface area contributed by atoms with Gasteiger partial charge in [0.15, 0.2) is 0 Å². The molecule has 0 radical (unpaired) electrons. The van der Waals surface area contributed by atoms with Crippen LogP contribution in [0.3, 0.4) is 0 Å². The van der Waals surface area contributed by atoms with Crippen LogP contribution >= 0.6 is 0 Å². The van der Waals surface area contributed by atoms with Gasteiger partial charge in [0.25, 0.3) is 5.91 Å². The van der Waals surface area contributed by atoms with Gasteiger partial charge in [0.2, 0.25) is 0 Å². The van der Waals surface area contributed by atoms with E-state index in [2.05, 4.69) is 18.7 Å². The Kier molecular flexibility index (Phi) is 8.02. The van der Waals surface area contributed by atoms with Gasteiger partial charge in [-0.1, -0.05) is 61.9 Å². The summed E-state index contributed by atoms with van der Waals surface area (Å²) in [5.41, 5.74) is 2.79. The van der Waals surface area contributed by atoms with E-state index in [4.69, 9.17) is 4.74 Å². The lowest BCUT2D eigenvalue weighted by molar-refractivity contribution is -0.0514. The highest BCUT2D eigenvalue weighted by molar-refractivity contribution is 5.94. The lowest BCUT2D eigenvalue weighted by Crippen LogP contribution is -2.50. The summed E-state index contributed by atoms with van der Waals surface area (Å²) in [5.74, 6) is 0.424. The predicted octanol–water partition coefficient (Wildman–Crippen LogP) is 3.53. The average molecular weight is 411 g/mol. The van der Waals surface area contributed by atoms with Gasteiger partial charge >= 0.3 is 0 Å². The summed E-state index contributed by atoms with van der Waals surface area (Å²) >= 11 is 0. The SMILES string of the molecule is Cc1ccc(C(=O)N(CC(C)C)CC2CN(CC(O)c3ccccc3)CCO2)cc1. The molecule has 2 aromatic rings. The number of carbonyl (C=O) groups excluding carboxylic acids is 1. The number of benzene rings is 2. The van der Waals surface area contributed by atoms with Crippen LogP contribution in [-0.2, 0) is 4.74 Å². The van der Waals surface area contributed by atoms with Crippen LogP contribution in [0.4, 0.5) is 0 Å². The van der Waals surface area contributed by atoms with Gasteiger partial charge in [0.05, 0.1) is 18.8 Å². The van der Waals surface area contributed by atoms with Gasteiger partial charge in [0, 0.05) is 38.3 Å². The maximum absolute atomic E-state index is 13.1. The third-order valence-corrected chi connectivity index (χ3v) is 5.43. The van der Waals surface area contributed by atoms with Crippen LogP contribution in [-0.4, -0.2) is 66.2 Å². The fourth-order valence-electron chi connectivity index (χ4n) is 3.89. The Balaban J connectivity index is 1.62. The number of hydrogen-bond acceptors (Lipinski definition) is 4. The first-order valence-corrected chi connectivity index (χ1v) is 10.8. The van der Waals surface area contributed by atoms with E-state index in [0.717, 1.165) is 17.7 Å². The average Bonchev–Trinajstić information content (AvgIpc) is 2.74. The molecule has 0 aromatic heterocycles. The maximum Gasteiger partial charge on any atom is 0.253 e. The van der Waals surface area contributed by atoms with Gasteiger partial charge < -0.3 is 14.7 Å². The van der Waals surface area contributed by atoms with Gasteiger partial charge in [0.1, 0.15) is 0 Å². The number of carbonyl (C=O) groups is 1. The van der Waals surface area contributed by atoms with Gasteiger partial charge in [-0.15, -0.1) is 0 Å². The Bertz CT molecular complexity index is 792. The molecule has 1 N–H and O–H groups in total. The lowest BCUT2D eigenvalue weighted by atomic mass is 10.1. The van der Waals surface area contributed by atoms with Crippen LogP contribution in [0.5, 0.6) is 0 Å². The van der Waals surface area contributed by atoms with Gasteiger partial charge in [-0.3, -0.25) is 9.69 Å². The molecule has 1 aliphatic rings. The maximum atomic E-state index is 13.1. The first kappa shape index (κ1) is 22.5. The second kappa shape index (κ2) is 10.7. The van der Waals surface area contributed by atoms with Crippen molar-refractivity contribution < 1.29 is 14.6 Å². The topological polar surface area (TPSA) is 53.0 Å². The highest BCUT2D eigenvalue weighted by Crippen LogP contribution is 2.17. The molecular weight excluding hydrogens is 376 g/mol. The molecule has 0 spiro atoms. The van der Waals surface area contributed by atoms with Gasteiger partial charge in [-0.05, 0) is 30.5 Å². The summed E-state index contributed by atoms with van der Waals surface area (Å²) in [6.07, 6.45) is -0.583. The smallest absolute Gasteiger partial charge is 0.253 e. The molecule has 162 valence electrons. The Morgan fingerprint density at radius 3 is 2.53 bits per heavy atom. The first-order chi connectivity index (χ1) is 14.4. The van der Waals surface area contributed by atoms with E-state index in [1.54, 1.807) is 0 Å². The van der Waals surface area contributed by atoms with Crippen molar-refractivity contribution in [2.75, 3.05) is 39.3 Å². The molecule has 30 heavy (non-hydrogen) atoms. The Morgan fingerprint density at radius 2 is 1.87 bits per heavy atom. The van der Waals surface area contributed by atoms with Crippen molar-refractivity contribution in [1.82, 2.24) is 9.80 Å². The van der Waals surface area contributed by atoms with Crippen LogP contribution < -0.4 is 0 Å². The number of aryl methyl sites for hydroxylation is 1. The van der Waals surface area contributed by atoms with Crippen molar-refractivity contribution in [2.24, 2.45) is 5.92 Å². The molecule has 1 saturated heterocycles. The van der Waals surface area contributed by atoms with Crippen LogP contribution in [0.25, 0.3) is 0 Å². The molecule has 0 aliphatic carbocycles. The summed E-state index contributed by atoms with van der Waals surface area (Å²) in [4.78, 5) is 17.3. The van der Waals surface area contributed by atoms with E-state index < -0.39 is 6.10 Å². The van der Waals surface area contributed by atoms with Crippen molar-refractivity contribution in [3.63, 3.8) is 0 Å². The molecule has 1 amide bonds. The van der Waals surface area contributed by atoms with Crippen molar-refractivity contribution in [2.45, 2.75) is 33.0 Å². The second-order valence-corrected chi connectivity index (χ2v) is 8.65. The molecule has 5 nitrogen and oxygen atoms in total. The largest absolute Gasteiger partial charge is 0.387 e. The zero-order valence-corrected chi connectivity index (χ0v) is 18.3. The second-order valence-electron chi connectivity index (χ2n) is 8.65. The summed E-state index contributed by atoms with van der Waals surface area (Å²) in [5, 5.41) is 10.6. The number of ether oxygens (including phenoxy) is 1. The third-order valence-electron chi connectivity index (χ3n) is 5.43. The molecule has 1 aliphatic heterocycles. The van der Waals surface area contributed by atoms with E-state index in [1.807, 2.05) is 66.4 Å². The summed E-state index contributed by atoms with van der Waals surface area (Å²) in [6.45, 7) is 10.2. The van der Waals surface area contributed by atoms with Gasteiger partial charge in [-0.2, -0.15) is 0 Å².